The quantitative estimate of drug-likeness (QED) is 0.536. The van der Waals surface area contributed by atoms with Gasteiger partial charge in [0, 0.05) is 7.05 Å². The zero-order valence-electron chi connectivity index (χ0n) is 5.69. The molecule has 0 amide bonds. The minimum Gasteiger partial charge on any atom is -0.244 e. The number of rotatable bonds is 0. The molecule has 5 nitrogen and oxygen atoms in total. The molecule has 0 saturated heterocycles. The molecular formula is C5H4ClN5. The highest BCUT2D eigenvalue weighted by Gasteiger charge is 2.02. The molecule has 0 spiro atoms. The molecule has 11 heavy (non-hydrogen) atoms. The molecule has 0 unspecified atom stereocenters. The minimum absolute atomic E-state index is 0.193. The van der Waals surface area contributed by atoms with Crippen molar-refractivity contribution in [3.63, 3.8) is 0 Å². The second-order valence-electron chi connectivity index (χ2n) is 2.06. The van der Waals surface area contributed by atoms with Crippen molar-refractivity contribution < 1.29 is 0 Å². The third kappa shape index (κ3) is 0.932. The van der Waals surface area contributed by atoms with Crippen LogP contribution < -0.4 is 0 Å². The number of halogens is 1. The predicted molar refractivity (Wildman–Crippen MR) is 39.1 cm³/mol. The number of hydrogen-bond acceptors (Lipinski definition) is 4. The van der Waals surface area contributed by atoms with Gasteiger partial charge in [-0.15, -0.1) is 5.10 Å². The second kappa shape index (κ2) is 2.13. The van der Waals surface area contributed by atoms with Crippen LogP contribution in [0.3, 0.4) is 0 Å². The Morgan fingerprint density at radius 1 is 1.55 bits per heavy atom. The van der Waals surface area contributed by atoms with E-state index in [0.29, 0.717) is 5.65 Å². The molecular weight excluding hydrogens is 166 g/mol. The van der Waals surface area contributed by atoms with Crippen LogP contribution in [0, 0.1) is 0 Å². The lowest BCUT2D eigenvalue weighted by molar-refractivity contribution is 0.735. The molecule has 2 aromatic rings. The first kappa shape index (κ1) is 6.48. The zero-order valence-corrected chi connectivity index (χ0v) is 6.45. The fraction of sp³-hybridized carbons (Fsp3) is 0.200. The van der Waals surface area contributed by atoms with Gasteiger partial charge in [0.1, 0.15) is 5.52 Å². The molecule has 0 radical (unpaired) electrons. The molecule has 0 bridgehead atoms. The number of hydrogen-bond donors (Lipinski definition) is 0. The van der Waals surface area contributed by atoms with E-state index in [1.165, 1.54) is 0 Å². The highest BCUT2D eigenvalue weighted by Crippen LogP contribution is 2.07. The van der Waals surface area contributed by atoms with Gasteiger partial charge >= 0.3 is 0 Å². The maximum Gasteiger partial charge on any atom is 0.224 e. The Hall–Kier alpha value is -1.23. The maximum absolute atomic E-state index is 5.53. The summed E-state index contributed by atoms with van der Waals surface area (Å²) in [4.78, 5) is 7.65. The topological polar surface area (TPSA) is 56.5 Å². The van der Waals surface area contributed by atoms with E-state index >= 15 is 0 Å². The van der Waals surface area contributed by atoms with Crippen LogP contribution in [0.15, 0.2) is 6.20 Å². The largest absolute Gasteiger partial charge is 0.244 e. The average Bonchev–Trinajstić information content (AvgIpc) is 2.32. The smallest absolute Gasteiger partial charge is 0.224 e. The molecule has 0 aliphatic heterocycles. The summed E-state index contributed by atoms with van der Waals surface area (Å²) < 4.78 is 1.59. The molecule has 0 fully saturated rings. The SMILES string of the molecule is Cn1nnc2nc(Cl)ncc21. The molecule has 2 aromatic heterocycles. The van der Waals surface area contributed by atoms with E-state index < -0.39 is 0 Å². The Morgan fingerprint density at radius 2 is 2.36 bits per heavy atom. The Balaban J connectivity index is 2.86. The van der Waals surface area contributed by atoms with Crippen molar-refractivity contribution in [3.05, 3.63) is 11.5 Å². The lowest BCUT2D eigenvalue weighted by Crippen LogP contribution is -1.90. The highest BCUT2D eigenvalue weighted by molar-refractivity contribution is 6.28. The Morgan fingerprint density at radius 3 is 3.18 bits per heavy atom. The van der Waals surface area contributed by atoms with E-state index in [1.807, 2.05) is 0 Å². The van der Waals surface area contributed by atoms with Crippen LogP contribution in [0.25, 0.3) is 11.2 Å². The van der Waals surface area contributed by atoms with Gasteiger partial charge in [0.05, 0.1) is 6.20 Å². The predicted octanol–water partition coefficient (Wildman–Crippen LogP) is 0.412. The van der Waals surface area contributed by atoms with Crippen molar-refractivity contribution in [2.45, 2.75) is 0 Å². The maximum atomic E-state index is 5.53. The van der Waals surface area contributed by atoms with E-state index in [9.17, 15) is 0 Å². The first-order chi connectivity index (χ1) is 5.27. The summed E-state index contributed by atoms with van der Waals surface area (Å²) in [6, 6.07) is 0. The molecule has 2 heterocycles. The van der Waals surface area contributed by atoms with Crippen LogP contribution in [0.4, 0.5) is 0 Å². The van der Waals surface area contributed by atoms with Crippen molar-refractivity contribution >= 4 is 22.8 Å². The summed E-state index contributed by atoms with van der Waals surface area (Å²) in [5.41, 5.74) is 1.29. The highest BCUT2D eigenvalue weighted by atomic mass is 35.5. The van der Waals surface area contributed by atoms with Gasteiger partial charge in [-0.05, 0) is 11.6 Å². The first-order valence-corrected chi connectivity index (χ1v) is 3.33. The average molecular weight is 170 g/mol. The molecule has 0 atom stereocenters. The van der Waals surface area contributed by atoms with E-state index in [-0.39, 0.29) is 5.28 Å². The van der Waals surface area contributed by atoms with Gasteiger partial charge in [-0.1, -0.05) is 5.21 Å². The monoisotopic (exact) mass is 169 g/mol. The van der Waals surface area contributed by atoms with Gasteiger partial charge in [-0.2, -0.15) is 4.98 Å². The number of aromatic nitrogens is 5. The van der Waals surface area contributed by atoms with Crippen LogP contribution in [0.5, 0.6) is 0 Å². The Bertz CT molecular complexity index is 395. The third-order valence-corrected chi connectivity index (χ3v) is 1.52. The van der Waals surface area contributed by atoms with Gasteiger partial charge in [0.15, 0.2) is 0 Å². The van der Waals surface area contributed by atoms with Crippen molar-refractivity contribution in [1.29, 1.82) is 0 Å². The molecule has 2 rings (SSSR count). The van der Waals surface area contributed by atoms with Crippen LogP contribution in [-0.4, -0.2) is 25.0 Å². The normalized spacial score (nSPS) is 10.7. The van der Waals surface area contributed by atoms with Crippen LogP contribution >= 0.6 is 11.6 Å². The lowest BCUT2D eigenvalue weighted by atomic mass is 10.5. The van der Waals surface area contributed by atoms with Gasteiger partial charge in [-0.3, -0.25) is 0 Å². The minimum atomic E-state index is 0.193. The summed E-state index contributed by atoms with van der Waals surface area (Å²) in [7, 11) is 1.77. The van der Waals surface area contributed by atoms with E-state index in [0.717, 1.165) is 5.52 Å². The fourth-order valence-electron chi connectivity index (χ4n) is 0.805. The summed E-state index contributed by atoms with van der Waals surface area (Å²) in [6.07, 6.45) is 1.59. The van der Waals surface area contributed by atoms with E-state index in [4.69, 9.17) is 11.6 Å². The number of aryl methyl sites for hydroxylation is 1. The number of fused-ring (bicyclic) bond motifs is 1. The number of nitrogens with zero attached hydrogens (tertiary/aromatic N) is 5. The Kier molecular flexibility index (Phi) is 1.25. The fourth-order valence-corrected chi connectivity index (χ4v) is 0.934. The molecule has 0 aromatic carbocycles. The molecule has 0 aliphatic rings. The van der Waals surface area contributed by atoms with Crippen LogP contribution in [0.1, 0.15) is 0 Å². The van der Waals surface area contributed by atoms with Gasteiger partial charge < -0.3 is 0 Å². The molecule has 0 N–H and O–H groups in total. The van der Waals surface area contributed by atoms with Gasteiger partial charge in [-0.25, -0.2) is 9.67 Å². The van der Waals surface area contributed by atoms with Crippen molar-refractivity contribution in [2.75, 3.05) is 0 Å². The zero-order chi connectivity index (χ0) is 7.84. The van der Waals surface area contributed by atoms with E-state index in [2.05, 4.69) is 20.3 Å². The molecule has 0 aliphatic carbocycles. The summed E-state index contributed by atoms with van der Waals surface area (Å²) in [6.45, 7) is 0. The van der Waals surface area contributed by atoms with Crippen molar-refractivity contribution in [3.8, 4) is 0 Å². The summed E-state index contributed by atoms with van der Waals surface area (Å²) in [5.74, 6) is 0. The van der Waals surface area contributed by atoms with Gasteiger partial charge in [0.25, 0.3) is 0 Å². The van der Waals surface area contributed by atoms with E-state index in [1.54, 1.807) is 17.9 Å². The first-order valence-electron chi connectivity index (χ1n) is 2.95. The molecule has 0 saturated carbocycles. The van der Waals surface area contributed by atoms with Crippen molar-refractivity contribution in [1.82, 2.24) is 25.0 Å². The summed E-state index contributed by atoms with van der Waals surface area (Å²) in [5, 5.41) is 7.69. The summed E-state index contributed by atoms with van der Waals surface area (Å²) >= 11 is 5.53. The standard InChI is InChI=1S/C5H4ClN5/c1-11-3-2-7-5(6)8-4(3)9-10-11/h2H,1H3. The Labute approximate surface area is 67.0 Å². The van der Waals surface area contributed by atoms with Gasteiger partial charge in [0.2, 0.25) is 10.9 Å². The molecule has 56 valence electrons. The van der Waals surface area contributed by atoms with Crippen LogP contribution in [-0.2, 0) is 7.05 Å². The molecule has 6 heteroatoms. The van der Waals surface area contributed by atoms with Crippen molar-refractivity contribution in [2.24, 2.45) is 7.05 Å². The van der Waals surface area contributed by atoms with Crippen LogP contribution in [0.2, 0.25) is 5.28 Å². The lowest BCUT2D eigenvalue weighted by Gasteiger charge is -1.88. The third-order valence-electron chi connectivity index (χ3n) is 1.34. The second-order valence-corrected chi connectivity index (χ2v) is 2.40.